The van der Waals surface area contributed by atoms with Crippen LogP contribution in [-0.4, -0.2) is 26.7 Å². The average molecular weight is 494 g/mol. The Bertz CT molecular complexity index is 1210. The van der Waals surface area contributed by atoms with Crippen molar-refractivity contribution in [2.24, 2.45) is 0 Å². The van der Waals surface area contributed by atoms with Gasteiger partial charge in [-0.05, 0) is 47.4 Å². The summed E-state index contributed by atoms with van der Waals surface area (Å²) in [5.74, 6) is -2.12. The van der Waals surface area contributed by atoms with Crippen molar-refractivity contribution in [3.63, 3.8) is 0 Å². The van der Waals surface area contributed by atoms with Gasteiger partial charge < -0.3 is 14.2 Å². The van der Waals surface area contributed by atoms with Gasteiger partial charge in [0.15, 0.2) is 0 Å². The zero-order chi connectivity index (χ0) is 25.0. The highest BCUT2D eigenvalue weighted by atomic mass is 32.2. The van der Waals surface area contributed by atoms with Gasteiger partial charge in [0.1, 0.15) is 11.5 Å². The molecule has 180 valence electrons. The fraction of sp³-hybridized carbons (Fsp3) is 0.217. The van der Waals surface area contributed by atoms with Gasteiger partial charge in [-0.25, -0.2) is 4.39 Å². The number of hydrogen-bond donors (Lipinski definition) is 1. The number of benzene rings is 2. The molecule has 0 aliphatic heterocycles. The summed E-state index contributed by atoms with van der Waals surface area (Å²) < 4.78 is 76.7. The molecule has 2 unspecified atom stereocenters. The Labute approximate surface area is 196 Å². The predicted octanol–water partition coefficient (Wildman–Crippen LogP) is 4.56. The number of anilines is 1. The Kier molecular flexibility index (Phi) is 7.68. The van der Waals surface area contributed by atoms with E-state index in [0.717, 1.165) is 18.3 Å². The van der Waals surface area contributed by atoms with E-state index in [4.69, 9.17) is 0 Å². The minimum atomic E-state index is -4.62. The first-order valence-corrected chi connectivity index (χ1v) is 11.0. The number of hydrogen-bond acceptors (Lipinski definition) is 4. The Balaban J connectivity index is 1.80. The number of carbonyl (C=O) groups is 1. The monoisotopic (exact) mass is 494 g/mol. The molecule has 2 aromatic carbocycles. The number of nitrogens with zero attached hydrogens (tertiary/aromatic N) is 2. The van der Waals surface area contributed by atoms with Gasteiger partial charge in [0, 0.05) is 31.1 Å². The molecule has 1 amide bonds. The molecule has 0 radical (unpaired) electrons. The van der Waals surface area contributed by atoms with Crippen LogP contribution in [0.3, 0.4) is 0 Å². The summed E-state index contributed by atoms with van der Waals surface area (Å²) in [6.45, 7) is 1.43. The standard InChI is InChI=1S/C23H21F4N3O3S/c1-14(16-8-9-20(19(24)10-16)30(2)34(32)33)22(31)29-13-17-12-28-21(23(25,26)27)11-18(17)15-6-4-3-5-7-15/h3-12,14H,13H2,1-2H3,(H,29,31)(H,32,33)/p-1. The molecule has 0 aliphatic carbocycles. The van der Waals surface area contributed by atoms with Gasteiger partial charge in [-0.2, -0.15) is 13.2 Å². The lowest BCUT2D eigenvalue weighted by Crippen LogP contribution is -2.28. The molecule has 6 nitrogen and oxygen atoms in total. The van der Waals surface area contributed by atoms with E-state index >= 15 is 0 Å². The van der Waals surface area contributed by atoms with Crippen molar-refractivity contribution in [2.45, 2.75) is 25.6 Å². The Morgan fingerprint density at radius 1 is 1.18 bits per heavy atom. The summed E-state index contributed by atoms with van der Waals surface area (Å²) >= 11 is -2.66. The van der Waals surface area contributed by atoms with E-state index in [9.17, 15) is 31.1 Å². The number of rotatable bonds is 7. The number of alkyl halides is 3. The first-order valence-electron chi connectivity index (χ1n) is 10.0. The van der Waals surface area contributed by atoms with Crippen LogP contribution in [0.2, 0.25) is 0 Å². The molecule has 0 saturated heterocycles. The molecule has 0 aliphatic rings. The molecule has 1 N–H and O–H groups in total. The molecule has 1 heterocycles. The lowest BCUT2D eigenvalue weighted by Gasteiger charge is -2.22. The van der Waals surface area contributed by atoms with E-state index in [0.29, 0.717) is 21.0 Å². The molecule has 3 aromatic rings. The van der Waals surface area contributed by atoms with Crippen LogP contribution < -0.4 is 9.62 Å². The van der Waals surface area contributed by atoms with Gasteiger partial charge in [0.25, 0.3) is 0 Å². The van der Waals surface area contributed by atoms with E-state index in [1.165, 1.54) is 26.1 Å². The summed E-state index contributed by atoms with van der Waals surface area (Å²) in [5.41, 5.74) is 0.269. The average Bonchev–Trinajstić information content (AvgIpc) is 2.81. The maximum atomic E-state index is 14.4. The third kappa shape index (κ3) is 5.78. The van der Waals surface area contributed by atoms with Gasteiger partial charge in [0.05, 0.1) is 11.6 Å². The molecule has 0 spiro atoms. The Morgan fingerprint density at radius 2 is 1.85 bits per heavy atom. The second-order valence-electron chi connectivity index (χ2n) is 7.46. The summed E-state index contributed by atoms with van der Waals surface area (Å²) in [6, 6.07) is 13.1. The second kappa shape index (κ2) is 10.3. The molecule has 11 heteroatoms. The van der Waals surface area contributed by atoms with Crippen molar-refractivity contribution in [1.82, 2.24) is 10.3 Å². The first kappa shape index (κ1) is 25.3. The maximum Gasteiger partial charge on any atom is 0.433 e. The fourth-order valence-corrected chi connectivity index (χ4v) is 3.59. The molecular weight excluding hydrogens is 474 g/mol. The normalized spacial score (nSPS) is 13.3. The number of aromatic nitrogens is 1. The van der Waals surface area contributed by atoms with Crippen molar-refractivity contribution in [3.05, 3.63) is 83.4 Å². The number of nitrogens with one attached hydrogen (secondary N) is 1. The van der Waals surface area contributed by atoms with Crippen LogP contribution in [0.15, 0.2) is 60.8 Å². The third-order valence-corrected chi connectivity index (χ3v) is 5.89. The Hall–Kier alpha value is -3.31. The van der Waals surface area contributed by atoms with E-state index in [1.54, 1.807) is 30.3 Å². The quantitative estimate of drug-likeness (QED) is 0.386. The predicted molar refractivity (Wildman–Crippen MR) is 119 cm³/mol. The number of pyridine rings is 1. The van der Waals surface area contributed by atoms with Crippen LogP contribution in [0.4, 0.5) is 23.2 Å². The number of carbonyl (C=O) groups excluding carboxylic acids is 1. The molecular formula is C23H20F4N3O3S-. The fourth-order valence-electron chi connectivity index (χ4n) is 3.28. The zero-order valence-electron chi connectivity index (χ0n) is 18.1. The summed E-state index contributed by atoms with van der Waals surface area (Å²) in [5, 5.41) is 2.65. The summed E-state index contributed by atoms with van der Waals surface area (Å²) in [4.78, 5) is 16.2. The van der Waals surface area contributed by atoms with E-state index in [-0.39, 0.29) is 17.8 Å². The van der Waals surface area contributed by atoms with E-state index in [2.05, 4.69) is 10.3 Å². The SMILES string of the molecule is CC(C(=O)NCc1cnc(C(F)(F)F)cc1-c1ccccc1)c1ccc(N(C)S(=O)[O-])c(F)c1. The molecule has 0 bridgehead atoms. The largest absolute Gasteiger partial charge is 0.755 e. The number of halogens is 4. The molecule has 0 fully saturated rings. The van der Waals surface area contributed by atoms with Gasteiger partial charge in [-0.1, -0.05) is 36.4 Å². The van der Waals surface area contributed by atoms with Crippen LogP contribution >= 0.6 is 0 Å². The minimum absolute atomic E-state index is 0.100. The summed E-state index contributed by atoms with van der Waals surface area (Å²) in [6.07, 6.45) is -3.55. The van der Waals surface area contributed by atoms with Crippen LogP contribution in [0.1, 0.15) is 29.7 Å². The van der Waals surface area contributed by atoms with Gasteiger partial charge in [-0.15, -0.1) is 0 Å². The van der Waals surface area contributed by atoms with E-state index < -0.39 is 40.8 Å². The van der Waals surface area contributed by atoms with Gasteiger partial charge >= 0.3 is 6.18 Å². The molecule has 2 atom stereocenters. The molecule has 34 heavy (non-hydrogen) atoms. The zero-order valence-corrected chi connectivity index (χ0v) is 18.9. The van der Waals surface area contributed by atoms with Crippen molar-refractivity contribution in [3.8, 4) is 11.1 Å². The minimum Gasteiger partial charge on any atom is -0.755 e. The van der Waals surface area contributed by atoms with Crippen molar-refractivity contribution >= 4 is 22.9 Å². The van der Waals surface area contributed by atoms with Crippen LogP contribution in [0, 0.1) is 5.82 Å². The van der Waals surface area contributed by atoms with Gasteiger partial charge in [0.2, 0.25) is 5.91 Å². The second-order valence-corrected chi connectivity index (χ2v) is 8.44. The summed E-state index contributed by atoms with van der Waals surface area (Å²) in [7, 11) is 1.18. The molecule has 0 saturated carbocycles. The Morgan fingerprint density at radius 3 is 2.44 bits per heavy atom. The highest BCUT2D eigenvalue weighted by molar-refractivity contribution is 7.80. The van der Waals surface area contributed by atoms with Gasteiger partial charge in [-0.3, -0.25) is 14.0 Å². The molecule has 3 rings (SSSR count). The third-order valence-electron chi connectivity index (χ3n) is 5.24. The lowest BCUT2D eigenvalue weighted by atomic mass is 9.98. The van der Waals surface area contributed by atoms with Crippen molar-refractivity contribution < 1.29 is 31.1 Å². The van der Waals surface area contributed by atoms with E-state index in [1.807, 2.05) is 0 Å². The smallest absolute Gasteiger partial charge is 0.433 e. The highest BCUT2D eigenvalue weighted by Crippen LogP contribution is 2.32. The lowest BCUT2D eigenvalue weighted by molar-refractivity contribution is -0.141. The van der Waals surface area contributed by atoms with Crippen LogP contribution in [0.25, 0.3) is 11.1 Å². The maximum absolute atomic E-state index is 14.4. The number of amides is 1. The van der Waals surface area contributed by atoms with Crippen molar-refractivity contribution in [1.29, 1.82) is 0 Å². The van der Waals surface area contributed by atoms with Crippen LogP contribution in [0.5, 0.6) is 0 Å². The van der Waals surface area contributed by atoms with Crippen molar-refractivity contribution in [2.75, 3.05) is 11.4 Å². The highest BCUT2D eigenvalue weighted by Gasteiger charge is 2.33. The van der Waals surface area contributed by atoms with Crippen LogP contribution in [-0.2, 0) is 28.8 Å². The topological polar surface area (TPSA) is 85.4 Å². The first-order chi connectivity index (χ1) is 16.0. The molecule has 1 aromatic heterocycles.